The third kappa shape index (κ3) is 2.60. The molecule has 0 saturated heterocycles. The van der Waals surface area contributed by atoms with Crippen molar-refractivity contribution >= 4 is 22.6 Å². The first-order chi connectivity index (χ1) is 6.90. The average molecular weight is 327 g/mol. The molecule has 0 bridgehead atoms. The summed E-state index contributed by atoms with van der Waals surface area (Å²) in [4.78, 5) is 0. The van der Waals surface area contributed by atoms with Crippen LogP contribution in [0.2, 0.25) is 0 Å². The average Bonchev–Trinajstić information content (AvgIpc) is 2.16. The normalized spacial score (nSPS) is 11.2. The van der Waals surface area contributed by atoms with E-state index < -0.39 is 17.3 Å². The van der Waals surface area contributed by atoms with Crippen LogP contribution in [0.25, 0.3) is 0 Å². The fraction of sp³-hybridized carbons (Fsp3) is 0.222. The number of hydrogen-bond donors (Lipinski definition) is 1. The number of aliphatic hydroxyl groups is 1. The molecule has 0 radical (unpaired) electrons. The van der Waals surface area contributed by atoms with Crippen molar-refractivity contribution in [2.75, 3.05) is 0 Å². The van der Waals surface area contributed by atoms with Gasteiger partial charge in [0, 0.05) is 3.57 Å². The van der Waals surface area contributed by atoms with Gasteiger partial charge in [0.25, 0.3) is 0 Å². The van der Waals surface area contributed by atoms with Gasteiger partial charge in [-0.25, -0.2) is 0 Å². The highest BCUT2D eigenvalue weighted by molar-refractivity contribution is 14.1. The van der Waals surface area contributed by atoms with E-state index in [1.807, 2.05) is 0 Å². The van der Waals surface area contributed by atoms with Crippen molar-refractivity contribution in [1.29, 1.82) is 5.26 Å². The molecule has 0 heterocycles. The Hall–Kier alpha value is -0.810. The van der Waals surface area contributed by atoms with Gasteiger partial charge >= 0.3 is 6.18 Å². The highest BCUT2D eigenvalue weighted by Gasteiger charge is 2.34. The number of benzene rings is 1. The zero-order valence-electron chi connectivity index (χ0n) is 7.27. The third-order valence-corrected chi connectivity index (χ3v) is 2.79. The van der Waals surface area contributed by atoms with Crippen molar-refractivity contribution < 1.29 is 18.3 Å². The van der Waals surface area contributed by atoms with Gasteiger partial charge in [0.15, 0.2) is 0 Å². The zero-order valence-corrected chi connectivity index (χ0v) is 9.43. The summed E-state index contributed by atoms with van der Waals surface area (Å²) in [6, 6.07) is 3.40. The first kappa shape index (κ1) is 12.3. The maximum Gasteiger partial charge on any atom is 0.417 e. The molecular formula is C9H5F3INO. The Morgan fingerprint density at radius 3 is 2.40 bits per heavy atom. The summed E-state index contributed by atoms with van der Waals surface area (Å²) in [5, 5.41) is 17.4. The van der Waals surface area contributed by atoms with E-state index in [0.29, 0.717) is 9.13 Å². The van der Waals surface area contributed by atoms with Crippen molar-refractivity contribution in [3.8, 4) is 6.07 Å². The van der Waals surface area contributed by atoms with E-state index in [0.717, 1.165) is 12.1 Å². The van der Waals surface area contributed by atoms with E-state index in [1.165, 1.54) is 6.07 Å². The van der Waals surface area contributed by atoms with Gasteiger partial charge in [-0.2, -0.15) is 18.4 Å². The van der Waals surface area contributed by atoms with Crippen LogP contribution >= 0.6 is 22.6 Å². The summed E-state index contributed by atoms with van der Waals surface area (Å²) in [6.45, 7) is -0.384. The number of nitrogens with zero attached hydrogens (tertiary/aromatic N) is 1. The Kier molecular flexibility index (Phi) is 3.57. The van der Waals surface area contributed by atoms with Crippen molar-refractivity contribution in [2.24, 2.45) is 0 Å². The fourth-order valence-corrected chi connectivity index (χ4v) is 1.70. The van der Waals surface area contributed by atoms with Crippen molar-refractivity contribution in [2.45, 2.75) is 12.8 Å². The molecule has 0 saturated carbocycles. The number of rotatable bonds is 1. The molecule has 0 atom stereocenters. The minimum Gasteiger partial charge on any atom is -0.392 e. The molecule has 0 aliphatic carbocycles. The van der Waals surface area contributed by atoms with Crippen LogP contribution in [-0.2, 0) is 12.8 Å². The molecule has 2 nitrogen and oxygen atoms in total. The molecule has 1 N–H and O–H groups in total. The molecule has 0 unspecified atom stereocenters. The highest BCUT2D eigenvalue weighted by atomic mass is 127. The molecule has 80 valence electrons. The van der Waals surface area contributed by atoms with Crippen LogP contribution < -0.4 is 0 Å². The lowest BCUT2D eigenvalue weighted by Crippen LogP contribution is -2.09. The van der Waals surface area contributed by atoms with Gasteiger partial charge in [-0.05, 0) is 40.3 Å². The van der Waals surface area contributed by atoms with E-state index in [9.17, 15) is 13.2 Å². The van der Waals surface area contributed by atoms with Crippen LogP contribution in [0.4, 0.5) is 13.2 Å². The standard InChI is InChI=1S/C9H5F3INO/c10-9(11,12)7-2-8(13)6(4-15)1-5(7)3-14/h1-2,15H,4H2. The molecule has 0 fully saturated rings. The first-order valence-electron chi connectivity index (χ1n) is 3.80. The smallest absolute Gasteiger partial charge is 0.392 e. The van der Waals surface area contributed by atoms with Gasteiger partial charge in [-0.1, -0.05) is 0 Å². The molecule has 1 aromatic carbocycles. The molecule has 0 spiro atoms. The fourth-order valence-electron chi connectivity index (χ4n) is 1.07. The Labute approximate surface area is 97.5 Å². The van der Waals surface area contributed by atoms with E-state index in [4.69, 9.17) is 10.4 Å². The first-order valence-corrected chi connectivity index (χ1v) is 4.88. The second kappa shape index (κ2) is 4.37. The molecule has 1 aromatic rings. The third-order valence-electron chi connectivity index (χ3n) is 1.78. The van der Waals surface area contributed by atoms with Crippen LogP contribution in [-0.4, -0.2) is 5.11 Å². The summed E-state index contributed by atoms with van der Waals surface area (Å²) < 4.78 is 37.6. The molecule has 0 aliphatic heterocycles. The summed E-state index contributed by atoms with van der Waals surface area (Å²) in [7, 11) is 0. The maximum absolute atomic E-state index is 12.4. The Morgan fingerprint density at radius 2 is 2.00 bits per heavy atom. The Balaban J connectivity index is 3.43. The van der Waals surface area contributed by atoms with Crippen LogP contribution in [0, 0.1) is 14.9 Å². The lowest BCUT2D eigenvalue weighted by molar-refractivity contribution is -0.137. The SMILES string of the molecule is N#Cc1cc(CO)c(I)cc1C(F)(F)F. The summed E-state index contributed by atoms with van der Waals surface area (Å²) >= 11 is 1.69. The molecule has 1 rings (SSSR count). The van der Waals surface area contributed by atoms with Gasteiger partial charge in [0.1, 0.15) is 0 Å². The van der Waals surface area contributed by atoms with Crippen molar-refractivity contribution in [1.82, 2.24) is 0 Å². The molecular weight excluding hydrogens is 322 g/mol. The van der Waals surface area contributed by atoms with E-state index in [-0.39, 0.29) is 6.61 Å². The Morgan fingerprint density at radius 1 is 1.40 bits per heavy atom. The van der Waals surface area contributed by atoms with Gasteiger partial charge in [0.2, 0.25) is 0 Å². The lowest BCUT2D eigenvalue weighted by atomic mass is 10.0. The molecule has 0 aromatic heterocycles. The second-order valence-electron chi connectivity index (χ2n) is 2.76. The molecule has 0 amide bonds. The zero-order chi connectivity index (χ0) is 11.6. The van der Waals surface area contributed by atoms with Crippen LogP contribution in [0.5, 0.6) is 0 Å². The minimum absolute atomic E-state index is 0.293. The predicted octanol–water partition coefficient (Wildman–Crippen LogP) is 2.67. The van der Waals surface area contributed by atoms with Crippen LogP contribution in [0.3, 0.4) is 0 Å². The van der Waals surface area contributed by atoms with E-state index in [1.54, 1.807) is 22.6 Å². The number of nitriles is 1. The van der Waals surface area contributed by atoms with Gasteiger partial charge in [-0.3, -0.25) is 0 Å². The topological polar surface area (TPSA) is 44.0 Å². The Bertz CT molecular complexity index is 423. The molecule has 6 heteroatoms. The quantitative estimate of drug-likeness (QED) is 0.806. The van der Waals surface area contributed by atoms with Gasteiger partial charge < -0.3 is 5.11 Å². The highest BCUT2D eigenvalue weighted by Crippen LogP contribution is 2.33. The molecule has 15 heavy (non-hydrogen) atoms. The summed E-state index contributed by atoms with van der Waals surface area (Å²) in [5.74, 6) is 0. The lowest BCUT2D eigenvalue weighted by Gasteiger charge is -2.11. The number of halogens is 4. The number of hydrogen-bond acceptors (Lipinski definition) is 2. The predicted molar refractivity (Wildman–Crippen MR) is 54.8 cm³/mol. The van der Waals surface area contributed by atoms with Gasteiger partial charge in [0.05, 0.1) is 23.8 Å². The molecule has 0 aliphatic rings. The summed E-state index contributed by atoms with van der Waals surface area (Å²) in [6.07, 6.45) is -4.54. The summed E-state index contributed by atoms with van der Waals surface area (Å²) in [5.41, 5.74) is -1.11. The minimum atomic E-state index is -4.54. The monoisotopic (exact) mass is 327 g/mol. The maximum atomic E-state index is 12.4. The van der Waals surface area contributed by atoms with Crippen LogP contribution in [0.1, 0.15) is 16.7 Å². The van der Waals surface area contributed by atoms with Crippen LogP contribution in [0.15, 0.2) is 12.1 Å². The van der Waals surface area contributed by atoms with Crippen molar-refractivity contribution in [3.63, 3.8) is 0 Å². The largest absolute Gasteiger partial charge is 0.417 e. The number of alkyl halides is 3. The van der Waals surface area contributed by atoms with Crippen molar-refractivity contribution in [3.05, 3.63) is 32.4 Å². The van der Waals surface area contributed by atoms with E-state index in [2.05, 4.69) is 0 Å². The number of aliphatic hydroxyl groups excluding tert-OH is 1. The second-order valence-corrected chi connectivity index (χ2v) is 3.92. The van der Waals surface area contributed by atoms with E-state index >= 15 is 0 Å². The van der Waals surface area contributed by atoms with Gasteiger partial charge in [-0.15, -0.1) is 0 Å².